The van der Waals surface area contributed by atoms with Crippen LogP contribution in [0.1, 0.15) is 52.6 Å². The van der Waals surface area contributed by atoms with Crippen LogP contribution in [0.15, 0.2) is 25.0 Å². The number of benzene rings is 1. The molecule has 1 rings (SSSR count). The normalized spacial score (nSPS) is 9.23. The number of carbonyl (C=O) groups excluding carboxylic acids is 1. The number of rotatable bonds is 5. The zero-order valence-corrected chi connectivity index (χ0v) is 12.9. The Morgan fingerprint density at radius 3 is 2.00 bits per heavy atom. The van der Waals surface area contributed by atoms with Crippen LogP contribution in [0, 0.1) is 0 Å². The number of hydrogen-bond acceptors (Lipinski definition) is 4. The largest absolute Gasteiger partial charge is 0.478 e. The fourth-order valence-corrected chi connectivity index (χ4v) is 1.97. The highest BCUT2D eigenvalue weighted by Crippen LogP contribution is 2.21. The minimum atomic E-state index is -1.20. The molecule has 6 nitrogen and oxygen atoms in total. The molecule has 0 spiro atoms. The summed E-state index contributed by atoms with van der Waals surface area (Å²) in [5.41, 5.74) is 1.30. The zero-order valence-electron chi connectivity index (χ0n) is 12.9. The van der Waals surface area contributed by atoms with Crippen molar-refractivity contribution in [3.05, 3.63) is 47.2 Å². The third kappa shape index (κ3) is 5.40. The average Bonchev–Trinajstić information content (AvgIpc) is 2.45. The van der Waals surface area contributed by atoms with Gasteiger partial charge in [-0.3, -0.25) is 4.79 Å². The molecule has 2 N–H and O–H groups in total. The summed E-state index contributed by atoms with van der Waals surface area (Å²) in [6, 6.07) is 3.05. The van der Waals surface area contributed by atoms with E-state index in [0.29, 0.717) is 18.4 Å². The maximum absolute atomic E-state index is 11.1. The smallest absolute Gasteiger partial charge is 0.336 e. The van der Waals surface area contributed by atoms with Gasteiger partial charge in [0.25, 0.3) is 0 Å². The SMILES string of the molecule is C=COC(C)=O.CCc1ccc(C(=O)O)c(C(=O)O)c1CC. The van der Waals surface area contributed by atoms with E-state index in [1.165, 1.54) is 13.0 Å². The highest BCUT2D eigenvalue weighted by Gasteiger charge is 2.21. The van der Waals surface area contributed by atoms with E-state index in [4.69, 9.17) is 10.2 Å². The van der Waals surface area contributed by atoms with E-state index in [1.807, 2.05) is 13.8 Å². The first-order valence-electron chi connectivity index (χ1n) is 6.69. The number of carbonyl (C=O) groups is 3. The number of ether oxygens (including phenoxy) is 1. The van der Waals surface area contributed by atoms with Crippen molar-refractivity contribution in [2.75, 3.05) is 0 Å². The number of aryl methyl sites for hydroxylation is 1. The van der Waals surface area contributed by atoms with Crippen LogP contribution in [0.2, 0.25) is 0 Å². The molecule has 1 aromatic rings. The molecule has 0 unspecified atom stereocenters. The third-order valence-electron chi connectivity index (χ3n) is 2.84. The van der Waals surface area contributed by atoms with Gasteiger partial charge >= 0.3 is 17.9 Å². The predicted octanol–water partition coefficient (Wildman–Crippen LogP) is 2.90. The molecule has 22 heavy (non-hydrogen) atoms. The molecule has 6 heteroatoms. The van der Waals surface area contributed by atoms with Crippen LogP contribution in [0.4, 0.5) is 0 Å². The summed E-state index contributed by atoms with van der Waals surface area (Å²) in [6.07, 6.45) is 2.32. The van der Waals surface area contributed by atoms with Crippen molar-refractivity contribution in [2.45, 2.75) is 33.6 Å². The van der Waals surface area contributed by atoms with E-state index < -0.39 is 11.9 Å². The van der Waals surface area contributed by atoms with Crippen LogP contribution in [0.25, 0.3) is 0 Å². The topological polar surface area (TPSA) is 101 Å². The van der Waals surface area contributed by atoms with Crippen molar-refractivity contribution in [1.82, 2.24) is 0 Å². The zero-order chi connectivity index (χ0) is 17.3. The second kappa shape index (κ2) is 9.33. The van der Waals surface area contributed by atoms with Crippen LogP contribution < -0.4 is 0 Å². The second-order valence-electron chi connectivity index (χ2n) is 4.22. The van der Waals surface area contributed by atoms with Gasteiger partial charge in [-0.1, -0.05) is 26.5 Å². The van der Waals surface area contributed by atoms with Gasteiger partial charge in [0.15, 0.2) is 0 Å². The standard InChI is InChI=1S/C12H14O4.C4H6O2/c1-3-7-5-6-9(11(13)14)10(12(15)16)8(7)4-2;1-3-6-4(2)5/h5-6H,3-4H2,1-2H3,(H,13,14)(H,15,16);3H,1H2,2H3. The molecular formula is C16H20O6. The Hall–Kier alpha value is -2.63. The summed E-state index contributed by atoms with van der Waals surface area (Å²) in [6.45, 7) is 8.22. The number of aromatic carboxylic acids is 2. The molecule has 1 aromatic carbocycles. The summed E-state index contributed by atoms with van der Waals surface area (Å²) in [5.74, 6) is -2.70. The van der Waals surface area contributed by atoms with Crippen LogP contribution in [0.5, 0.6) is 0 Å². The monoisotopic (exact) mass is 308 g/mol. The van der Waals surface area contributed by atoms with Crippen LogP contribution in [-0.4, -0.2) is 28.1 Å². The maximum Gasteiger partial charge on any atom is 0.336 e. The molecule has 0 heterocycles. The van der Waals surface area contributed by atoms with Crippen molar-refractivity contribution in [3.63, 3.8) is 0 Å². The lowest BCUT2D eigenvalue weighted by molar-refractivity contribution is -0.135. The van der Waals surface area contributed by atoms with Gasteiger partial charge in [0.05, 0.1) is 17.4 Å². The van der Waals surface area contributed by atoms with Gasteiger partial charge in [-0.05, 0) is 30.0 Å². The van der Waals surface area contributed by atoms with Crippen molar-refractivity contribution >= 4 is 17.9 Å². The fourth-order valence-electron chi connectivity index (χ4n) is 1.97. The average molecular weight is 308 g/mol. The van der Waals surface area contributed by atoms with E-state index in [2.05, 4.69) is 11.3 Å². The highest BCUT2D eigenvalue weighted by molar-refractivity contribution is 6.03. The van der Waals surface area contributed by atoms with Gasteiger partial charge in [0, 0.05) is 6.92 Å². The quantitative estimate of drug-likeness (QED) is 0.640. The highest BCUT2D eigenvalue weighted by atomic mass is 16.5. The first kappa shape index (κ1) is 19.4. The van der Waals surface area contributed by atoms with E-state index in [9.17, 15) is 14.4 Å². The van der Waals surface area contributed by atoms with E-state index >= 15 is 0 Å². The number of hydrogen-bond donors (Lipinski definition) is 2. The van der Waals surface area contributed by atoms with Gasteiger partial charge < -0.3 is 14.9 Å². The predicted molar refractivity (Wildman–Crippen MR) is 81.1 cm³/mol. The van der Waals surface area contributed by atoms with Gasteiger partial charge in [-0.25, -0.2) is 9.59 Å². The van der Waals surface area contributed by atoms with Gasteiger partial charge in [-0.15, -0.1) is 0 Å². The Morgan fingerprint density at radius 2 is 1.73 bits per heavy atom. The molecule has 0 atom stereocenters. The second-order valence-corrected chi connectivity index (χ2v) is 4.22. The summed E-state index contributed by atoms with van der Waals surface area (Å²) in [5, 5.41) is 18.0. The lowest BCUT2D eigenvalue weighted by Crippen LogP contribution is -2.13. The van der Waals surface area contributed by atoms with Gasteiger partial charge in [-0.2, -0.15) is 0 Å². The van der Waals surface area contributed by atoms with E-state index in [-0.39, 0.29) is 17.1 Å². The summed E-state index contributed by atoms with van der Waals surface area (Å²) < 4.78 is 4.17. The summed E-state index contributed by atoms with van der Waals surface area (Å²) in [4.78, 5) is 31.8. The molecule has 0 aromatic heterocycles. The molecule has 0 amide bonds. The number of carboxylic acid groups (broad SMARTS) is 2. The maximum atomic E-state index is 11.1. The fraction of sp³-hybridized carbons (Fsp3) is 0.312. The minimum absolute atomic E-state index is 0.0747. The molecule has 0 aliphatic heterocycles. The van der Waals surface area contributed by atoms with Gasteiger partial charge in [0.1, 0.15) is 0 Å². The first-order valence-corrected chi connectivity index (χ1v) is 6.69. The Labute approximate surface area is 129 Å². The number of carboxylic acids is 2. The molecule has 0 bridgehead atoms. The lowest BCUT2D eigenvalue weighted by atomic mass is 9.93. The Morgan fingerprint density at radius 1 is 1.14 bits per heavy atom. The van der Waals surface area contributed by atoms with Crippen LogP contribution in [-0.2, 0) is 22.4 Å². The minimum Gasteiger partial charge on any atom is -0.478 e. The van der Waals surface area contributed by atoms with Crippen LogP contribution in [0.3, 0.4) is 0 Å². The lowest BCUT2D eigenvalue weighted by Gasteiger charge is -2.12. The van der Waals surface area contributed by atoms with Crippen molar-refractivity contribution in [3.8, 4) is 0 Å². The summed E-state index contributed by atoms with van der Waals surface area (Å²) in [7, 11) is 0. The van der Waals surface area contributed by atoms with Crippen LogP contribution >= 0.6 is 0 Å². The van der Waals surface area contributed by atoms with Crippen molar-refractivity contribution < 1.29 is 29.3 Å². The van der Waals surface area contributed by atoms with E-state index in [0.717, 1.165) is 11.8 Å². The molecule has 0 saturated heterocycles. The Balaban J connectivity index is 0.000000626. The summed E-state index contributed by atoms with van der Waals surface area (Å²) >= 11 is 0. The Kier molecular flexibility index (Phi) is 8.22. The van der Waals surface area contributed by atoms with Crippen molar-refractivity contribution in [1.29, 1.82) is 0 Å². The van der Waals surface area contributed by atoms with Crippen molar-refractivity contribution in [2.24, 2.45) is 0 Å². The molecule has 0 fully saturated rings. The molecule has 0 radical (unpaired) electrons. The van der Waals surface area contributed by atoms with Gasteiger partial charge in [0.2, 0.25) is 0 Å². The molecular weight excluding hydrogens is 288 g/mol. The Bertz CT molecular complexity index is 574. The van der Waals surface area contributed by atoms with E-state index in [1.54, 1.807) is 6.07 Å². The molecule has 0 aliphatic rings. The molecule has 0 saturated carbocycles. The molecule has 0 aliphatic carbocycles. The first-order chi connectivity index (χ1) is 10.3. The third-order valence-corrected chi connectivity index (χ3v) is 2.84. The number of esters is 1. The molecule has 120 valence electrons.